The van der Waals surface area contributed by atoms with Crippen LogP contribution in [-0.2, 0) is 42.6 Å². The number of oxime groups is 1. The second-order valence-corrected chi connectivity index (χ2v) is 10.6. The lowest BCUT2D eigenvalue weighted by Gasteiger charge is -2.43. The number of carboxylic acids is 1. The molecular weight excluding hydrogens is 550 g/mol. The zero-order valence-corrected chi connectivity index (χ0v) is 20.9. The van der Waals surface area contributed by atoms with E-state index in [0.29, 0.717) is 5.69 Å². The van der Waals surface area contributed by atoms with E-state index in [0.717, 1.165) is 16.6 Å². The standard InChI is InChI=1S/C17H23N11O8S2/c18-15(19)21-3-7-4-22-27(25-7)5-9-11(13(30)28(9)38(33,34)35)24-12(29)10(8-6-37-16(20)23-8)26-36-17(1-2-17)14(31)32/h4,6,9,11,16,23H,1-3,5,20H2,(H,24,29)(H,31,32)(H4,18,19,21)(H,33,34,35)/b26-10-. The summed E-state index contributed by atoms with van der Waals surface area (Å²) < 4.78 is 33.3. The Labute approximate surface area is 218 Å². The van der Waals surface area contributed by atoms with Crippen LogP contribution in [0.3, 0.4) is 0 Å². The van der Waals surface area contributed by atoms with Gasteiger partial charge in [0.05, 0.1) is 25.0 Å². The SMILES string of the molecule is NC(N)=NCc1cnn(CC2C(NC(=O)/C(=N\OC3(C(=O)O)CC3)C3=CSC(N)N3)C(=O)N2S(=O)(=O)O)n1. The maximum Gasteiger partial charge on any atom is 0.362 e. The van der Waals surface area contributed by atoms with Crippen LogP contribution in [0.5, 0.6) is 0 Å². The number of nitrogens with zero attached hydrogens (tertiary/aromatic N) is 6. The summed E-state index contributed by atoms with van der Waals surface area (Å²) in [6.45, 7) is -0.376. The van der Waals surface area contributed by atoms with E-state index in [-0.39, 0.29) is 41.9 Å². The number of hydrogen-bond donors (Lipinski definition) is 7. The van der Waals surface area contributed by atoms with Crippen LogP contribution in [0.1, 0.15) is 18.5 Å². The number of nitrogens with two attached hydrogens (primary N) is 3. The molecule has 3 unspecified atom stereocenters. The zero-order valence-electron chi connectivity index (χ0n) is 19.3. The molecule has 19 nitrogen and oxygen atoms in total. The quantitative estimate of drug-likeness (QED) is 0.0436. The number of rotatable bonds is 11. The molecule has 1 aromatic rings. The number of aliphatic carboxylic acids is 1. The fraction of sp³-hybridized carbons (Fsp3) is 0.471. The highest BCUT2D eigenvalue weighted by Crippen LogP contribution is 2.40. The molecule has 2 fully saturated rings. The minimum absolute atomic E-state index is 0.0198. The van der Waals surface area contributed by atoms with Crippen LogP contribution >= 0.6 is 11.8 Å². The maximum atomic E-state index is 13.1. The average molecular weight is 574 g/mol. The van der Waals surface area contributed by atoms with E-state index in [2.05, 4.69) is 31.0 Å². The van der Waals surface area contributed by atoms with Gasteiger partial charge in [0.2, 0.25) is 5.60 Å². The Morgan fingerprint density at radius 3 is 2.63 bits per heavy atom. The monoisotopic (exact) mass is 573 g/mol. The Morgan fingerprint density at radius 2 is 2.08 bits per heavy atom. The van der Waals surface area contributed by atoms with Crippen molar-refractivity contribution in [2.45, 2.75) is 49.1 Å². The predicted octanol–water partition coefficient (Wildman–Crippen LogP) is -4.04. The number of thioether (sulfide) groups is 1. The van der Waals surface area contributed by atoms with Crippen LogP contribution in [0, 0.1) is 0 Å². The molecule has 1 saturated carbocycles. The van der Waals surface area contributed by atoms with E-state index in [9.17, 15) is 32.5 Å². The van der Waals surface area contributed by atoms with Gasteiger partial charge in [0.15, 0.2) is 11.7 Å². The van der Waals surface area contributed by atoms with Gasteiger partial charge in [-0.2, -0.15) is 23.4 Å². The number of carbonyl (C=O) groups excluding carboxylic acids is 2. The molecule has 2 aliphatic heterocycles. The van der Waals surface area contributed by atoms with Gasteiger partial charge >= 0.3 is 16.3 Å². The third-order valence-corrected chi connectivity index (χ3v) is 7.30. The first-order valence-corrected chi connectivity index (χ1v) is 13.1. The molecule has 0 spiro atoms. The number of guanidine groups is 1. The van der Waals surface area contributed by atoms with Crippen molar-refractivity contribution in [1.82, 2.24) is 29.9 Å². The molecule has 10 N–H and O–H groups in total. The van der Waals surface area contributed by atoms with Crippen LogP contribution in [0.25, 0.3) is 0 Å². The smallest absolute Gasteiger partial charge is 0.362 e. The highest BCUT2D eigenvalue weighted by atomic mass is 32.2. The number of amides is 2. The summed E-state index contributed by atoms with van der Waals surface area (Å²) in [4.78, 5) is 47.1. The van der Waals surface area contributed by atoms with Crippen LogP contribution in [0.4, 0.5) is 0 Å². The second-order valence-electron chi connectivity index (χ2n) is 8.33. The highest BCUT2D eigenvalue weighted by Gasteiger charge is 2.56. The number of aromatic nitrogens is 3. The van der Waals surface area contributed by atoms with Crippen LogP contribution in [0.15, 0.2) is 27.5 Å². The molecule has 1 saturated heterocycles. The lowest BCUT2D eigenvalue weighted by Crippen LogP contribution is -2.73. The van der Waals surface area contributed by atoms with Gasteiger partial charge in [-0.3, -0.25) is 14.1 Å². The van der Waals surface area contributed by atoms with Crippen molar-refractivity contribution < 1.29 is 37.3 Å². The molecule has 2 amide bonds. The molecule has 3 heterocycles. The Morgan fingerprint density at radius 1 is 1.37 bits per heavy atom. The van der Waals surface area contributed by atoms with Crippen molar-refractivity contribution >= 4 is 51.5 Å². The summed E-state index contributed by atoms with van der Waals surface area (Å²) in [6, 6.07) is -2.79. The Kier molecular flexibility index (Phi) is 7.18. The molecule has 0 aromatic carbocycles. The highest BCUT2D eigenvalue weighted by molar-refractivity contribution is 8.02. The number of carboxylic acid groups (broad SMARTS) is 1. The first-order chi connectivity index (χ1) is 17.8. The van der Waals surface area contributed by atoms with Crippen molar-refractivity contribution in [3.05, 3.63) is 23.0 Å². The molecule has 21 heteroatoms. The van der Waals surface area contributed by atoms with Crippen LogP contribution < -0.4 is 27.8 Å². The average Bonchev–Trinajstić information content (AvgIpc) is 3.29. The molecule has 38 heavy (non-hydrogen) atoms. The maximum absolute atomic E-state index is 13.1. The first-order valence-electron chi connectivity index (χ1n) is 10.7. The lowest BCUT2D eigenvalue weighted by atomic mass is 9.98. The van der Waals surface area contributed by atoms with Crippen molar-refractivity contribution in [1.29, 1.82) is 0 Å². The van der Waals surface area contributed by atoms with E-state index < -0.39 is 57.0 Å². The summed E-state index contributed by atoms with van der Waals surface area (Å²) in [5.41, 5.74) is 14.1. The largest absolute Gasteiger partial charge is 0.478 e. The van der Waals surface area contributed by atoms with Crippen molar-refractivity contribution in [3.8, 4) is 0 Å². The molecule has 206 valence electrons. The Hall–Kier alpha value is -3.95. The number of aliphatic imine (C=N–C) groups is 1. The minimum Gasteiger partial charge on any atom is -0.478 e. The normalized spacial score (nSPS) is 24.1. The van der Waals surface area contributed by atoms with Crippen molar-refractivity contribution in [2.24, 2.45) is 27.3 Å². The van der Waals surface area contributed by atoms with Crippen LogP contribution in [-0.4, -0.2) is 90.0 Å². The summed E-state index contributed by atoms with van der Waals surface area (Å²) in [6.07, 6.45) is 1.65. The number of hydrogen-bond acceptors (Lipinski definition) is 13. The van der Waals surface area contributed by atoms with Crippen molar-refractivity contribution in [2.75, 3.05) is 0 Å². The summed E-state index contributed by atoms with van der Waals surface area (Å²) >= 11 is 1.10. The molecule has 3 aliphatic rings. The number of carbonyl (C=O) groups is 3. The Bertz CT molecular complexity index is 1350. The fourth-order valence-corrected chi connectivity index (χ4v) is 5.00. The number of β-lactam (4-membered cyclic amide) rings is 1. The van der Waals surface area contributed by atoms with E-state index in [1.807, 2.05) is 0 Å². The van der Waals surface area contributed by atoms with Gasteiger partial charge in [-0.25, -0.2) is 14.1 Å². The van der Waals surface area contributed by atoms with Gasteiger partial charge < -0.3 is 37.8 Å². The molecule has 0 radical (unpaired) electrons. The minimum atomic E-state index is -5.00. The second kappa shape index (κ2) is 10.1. The van der Waals surface area contributed by atoms with Gasteiger partial charge in [-0.15, -0.1) is 0 Å². The van der Waals surface area contributed by atoms with E-state index >= 15 is 0 Å². The molecular formula is C17H23N11O8S2. The summed E-state index contributed by atoms with van der Waals surface area (Å²) in [5.74, 6) is -3.58. The molecule has 4 rings (SSSR count). The van der Waals surface area contributed by atoms with E-state index in [4.69, 9.17) is 22.0 Å². The van der Waals surface area contributed by atoms with Crippen LogP contribution in [0.2, 0.25) is 0 Å². The molecule has 1 aliphatic carbocycles. The summed E-state index contributed by atoms with van der Waals surface area (Å²) in [5, 5.41) is 27.6. The Balaban J connectivity index is 1.54. The zero-order chi connectivity index (χ0) is 27.8. The van der Waals surface area contributed by atoms with Gasteiger partial charge in [0.1, 0.15) is 23.3 Å². The van der Waals surface area contributed by atoms with Gasteiger partial charge in [-0.1, -0.05) is 16.9 Å². The molecule has 0 bridgehead atoms. The number of nitrogens with one attached hydrogen (secondary N) is 2. The predicted molar refractivity (Wildman–Crippen MR) is 129 cm³/mol. The van der Waals surface area contributed by atoms with Gasteiger partial charge in [0.25, 0.3) is 11.8 Å². The lowest BCUT2D eigenvalue weighted by molar-refractivity contribution is -0.153. The third-order valence-electron chi connectivity index (χ3n) is 5.57. The topological polar surface area (TPSA) is 296 Å². The van der Waals surface area contributed by atoms with E-state index in [1.165, 1.54) is 11.6 Å². The summed E-state index contributed by atoms with van der Waals surface area (Å²) in [7, 11) is -5.00. The van der Waals surface area contributed by atoms with Gasteiger partial charge in [-0.05, 0) is 0 Å². The third kappa shape index (κ3) is 5.64. The first kappa shape index (κ1) is 27.1. The van der Waals surface area contributed by atoms with Crippen molar-refractivity contribution in [3.63, 3.8) is 0 Å². The van der Waals surface area contributed by atoms with E-state index in [1.54, 1.807) is 0 Å². The van der Waals surface area contributed by atoms with Gasteiger partial charge in [0, 0.05) is 18.2 Å². The molecule has 1 aromatic heterocycles. The fourth-order valence-electron chi connectivity index (χ4n) is 3.47. The molecule has 3 atom stereocenters.